The van der Waals surface area contributed by atoms with Crippen molar-refractivity contribution < 1.29 is 9.53 Å². The number of aryl methyl sites for hydroxylation is 1. The van der Waals surface area contributed by atoms with Gasteiger partial charge in [-0.25, -0.2) is 0 Å². The molecule has 134 valence electrons. The fourth-order valence-electron chi connectivity index (χ4n) is 2.65. The molecule has 0 bridgehead atoms. The molecule has 25 heavy (non-hydrogen) atoms. The summed E-state index contributed by atoms with van der Waals surface area (Å²) in [5.41, 5.74) is 3.26. The molecule has 0 aromatic heterocycles. The number of nitrogens with one attached hydrogen (secondary N) is 1. The van der Waals surface area contributed by atoms with E-state index < -0.39 is 0 Å². The highest BCUT2D eigenvalue weighted by molar-refractivity contribution is 5.90. The number of amides is 1. The summed E-state index contributed by atoms with van der Waals surface area (Å²) in [7, 11) is 0. The first-order valence-corrected chi connectivity index (χ1v) is 9.02. The van der Waals surface area contributed by atoms with Gasteiger partial charge in [0.25, 0.3) is 0 Å². The molecule has 0 fully saturated rings. The van der Waals surface area contributed by atoms with Crippen molar-refractivity contribution in [1.29, 1.82) is 0 Å². The van der Waals surface area contributed by atoms with Crippen molar-refractivity contribution in [2.24, 2.45) is 0 Å². The number of ether oxygens (including phenoxy) is 1. The Morgan fingerprint density at radius 1 is 0.960 bits per heavy atom. The van der Waals surface area contributed by atoms with Crippen LogP contribution in [0.25, 0.3) is 0 Å². The Balaban J connectivity index is 1.77. The third-order valence-electron chi connectivity index (χ3n) is 4.21. The van der Waals surface area contributed by atoms with Crippen molar-refractivity contribution in [3.8, 4) is 5.75 Å². The van der Waals surface area contributed by atoms with E-state index in [1.807, 2.05) is 48.5 Å². The molecule has 0 spiro atoms. The molecule has 0 heterocycles. The molecule has 0 atom stereocenters. The molecule has 0 unspecified atom stereocenters. The lowest BCUT2D eigenvalue weighted by Crippen LogP contribution is -2.21. The van der Waals surface area contributed by atoms with E-state index in [9.17, 15) is 4.79 Å². The Hall–Kier alpha value is -2.49. The number of carbonyl (C=O) groups excluding carboxylic acids is 1. The van der Waals surface area contributed by atoms with Crippen molar-refractivity contribution in [3.63, 3.8) is 0 Å². The number of hydrogen-bond donors (Lipinski definition) is 1. The highest BCUT2D eigenvalue weighted by atomic mass is 16.5. The van der Waals surface area contributed by atoms with Gasteiger partial charge in [-0.2, -0.15) is 0 Å². The average molecular weight is 340 g/mol. The second-order valence-electron chi connectivity index (χ2n) is 5.86. The van der Waals surface area contributed by atoms with Gasteiger partial charge >= 0.3 is 0 Å². The van der Waals surface area contributed by atoms with Crippen LogP contribution >= 0.6 is 0 Å². The van der Waals surface area contributed by atoms with Crippen LogP contribution in [0.3, 0.4) is 0 Å². The molecule has 0 aliphatic heterocycles. The van der Waals surface area contributed by atoms with Gasteiger partial charge in [0.1, 0.15) is 5.75 Å². The molecule has 0 aliphatic rings. The van der Waals surface area contributed by atoms with E-state index in [4.69, 9.17) is 4.74 Å². The van der Waals surface area contributed by atoms with Crippen LogP contribution in [-0.2, 0) is 11.2 Å². The molecule has 0 saturated carbocycles. The Bertz CT molecular complexity index is 647. The van der Waals surface area contributed by atoms with Crippen molar-refractivity contribution in [3.05, 3.63) is 54.1 Å². The van der Waals surface area contributed by atoms with E-state index in [1.165, 1.54) is 11.3 Å². The number of nitrogens with zero attached hydrogens (tertiary/aromatic N) is 1. The van der Waals surface area contributed by atoms with E-state index in [1.54, 1.807) is 0 Å². The lowest BCUT2D eigenvalue weighted by atomic mass is 10.2. The molecule has 2 aromatic carbocycles. The van der Waals surface area contributed by atoms with Crippen molar-refractivity contribution in [1.82, 2.24) is 0 Å². The van der Waals surface area contributed by atoms with Gasteiger partial charge in [-0.1, -0.05) is 19.1 Å². The van der Waals surface area contributed by atoms with Gasteiger partial charge in [0, 0.05) is 24.5 Å². The molecule has 2 rings (SSSR count). The summed E-state index contributed by atoms with van der Waals surface area (Å²) in [6.45, 7) is 8.70. The van der Waals surface area contributed by atoms with Gasteiger partial charge in [0.15, 0.2) is 0 Å². The third kappa shape index (κ3) is 5.82. The topological polar surface area (TPSA) is 41.6 Å². The summed E-state index contributed by atoms with van der Waals surface area (Å²) in [5.74, 6) is 0.759. The van der Waals surface area contributed by atoms with Gasteiger partial charge in [0.05, 0.1) is 13.0 Å². The third-order valence-corrected chi connectivity index (χ3v) is 4.21. The Kier molecular flexibility index (Phi) is 7.33. The summed E-state index contributed by atoms with van der Waals surface area (Å²) in [4.78, 5) is 14.3. The van der Waals surface area contributed by atoms with Crippen molar-refractivity contribution >= 4 is 17.3 Å². The quantitative estimate of drug-likeness (QED) is 0.730. The number of rotatable bonds is 9. The molecule has 4 heteroatoms. The summed E-state index contributed by atoms with van der Waals surface area (Å²) in [5, 5.41) is 2.91. The molecule has 4 nitrogen and oxygen atoms in total. The monoisotopic (exact) mass is 340 g/mol. The van der Waals surface area contributed by atoms with Gasteiger partial charge < -0.3 is 15.0 Å². The Morgan fingerprint density at radius 3 is 2.16 bits per heavy atom. The fraction of sp³-hybridized carbons (Fsp3) is 0.381. The molecule has 0 radical (unpaired) electrons. The van der Waals surface area contributed by atoms with E-state index in [0.717, 1.165) is 30.9 Å². The lowest BCUT2D eigenvalue weighted by Gasteiger charge is -2.21. The minimum absolute atomic E-state index is 0.0410. The smallest absolute Gasteiger partial charge is 0.227 e. The van der Waals surface area contributed by atoms with Gasteiger partial charge in [-0.15, -0.1) is 0 Å². The Morgan fingerprint density at radius 2 is 1.60 bits per heavy atom. The number of hydrogen-bond acceptors (Lipinski definition) is 3. The number of benzene rings is 2. The van der Waals surface area contributed by atoms with Crippen LogP contribution in [0, 0.1) is 0 Å². The fourth-order valence-corrected chi connectivity index (χ4v) is 2.65. The molecular formula is C21H28N2O2. The summed E-state index contributed by atoms with van der Waals surface area (Å²) >= 11 is 0. The standard InChI is InChI=1S/C21H28N2O2/c1-4-17-7-13-20(14-8-17)25-16-15-21(24)22-18-9-11-19(12-10-18)23(5-2)6-3/h7-14H,4-6,15-16H2,1-3H3,(H,22,24). The summed E-state index contributed by atoms with van der Waals surface area (Å²) in [6.07, 6.45) is 1.34. The van der Waals surface area contributed by atoms with Crippen molar-refractivity contribution in [2.45, 2.75) is 33.6 Å². The van der Waals surface area contributed by atoms with Crippen LogP contribution in [0.4, 0.5) is 11.4 Å². The molecule has 0 aliphatic carbocycles. The summed E-state index contributed by atoms with van der Waals surface area (Å²) in [6, 6.07) is 15.9. The van der Waals surface area contributed by atoms with Crippen LogP contribution in [0.2, 0.25) is 0 Å². The van der Waals surface area contributed by atoms with Crippen molar-refractivity contribution in [2.75, 3.05) is 29.9 Å². The molecule has 2 aromatic rings. The first-order valence-electron chi connectivity index (χ1n) is 9.02. The van der Waals surface area contributed by atoms with Crippen LogP contribution in [0.1, 0.15) is 32.8 Å². The SMILES string of the molecule is CCc1ccc(OCCC(=O)Nc2ccc(N(CC)CC)cc2)cc1. The zero-order chi connectivity index (χ0) is 18.1. The molecule has 0 saturated heterocycles. The normalized spacial score (nSPS) is 10.4. The molecule has 1 amide bonds. The van der Waals surface area contributed by atoms with Gasteiger partial charge in [-0.05, 0) is 62.2 Å². The van der Waals surface area contributed by atoms with E-state index in [2.05, 4.69) is 31.0 Å². The predicted molar refractivity (Wildman–Crippen MR) is 105 cm³/mol. The maximum Gasteiger partial charge on any atom is 0.227 e. The first-order chi connectivity index (χ1) is 12.2. The van der Waals surface area contributed by atoms with Crippen LogP contribution in [0.5, 0.6) is 5.75 Å². The van der Waals surface area contributed by atoms with Crippen LogP contribution in [0.15, 0.2) is 48.5 Å². The maximum atomic E-state index is 12.0. The second kappa shape index (κ2) is 9.72. The minimum atomic E-state index is -0.0410. The number of anilines is 2. The summed E-state index contributed by atoms with van der Waals surface area (Å²) < 4.78 is 5.63. The zero-order valence-electron chi connectivity index (χ0n) is 15.4. The first kappa shape index (κ1) is 18.8. The zero-order valence-corrected chi connectivity index (χ0v) is 15.4. The predicted octanol–water partition coefficient (Wildman–Crippen LogP) is 4.50. The largest absolute Gasteiger partial charge is 0.493 e. The number of carbonyl (C=O) groups is 1. The Labute approximate surface area is 150 Å². The average Bonchev–Trinajstić information content (AvgIpc) is 2.64. The molecule has 1 N–H and O–H groups in total. The highest BCUT2D eigenvalue weighted by Crippen LogP contribution is 2.18. The molecular weight excluding hydrogens is 312 g/mol. The van der Waals surface area contributed by atoms with Gasteiger partial charge in [0.2, 0.25) is 5.91 Å². The highest BCUT2D eigenvalue weighted by Gasteiger charge is 2.05. The van der Waals surface area contributed by atoms with E-state index in [-0.39, 0.29) is 5.91 Å². The van der Waals surface area contributed by atoms with Gasteiger partial charge in [-0.3, -0.25) is 4.79 Å². The lowest BCUT2D eigenvalue weighted by molar-refractivity contribution is -0.116. The van der Waals surface area contributed by atoms with Crippen LogP contribution in [-0.4, -0.2) is 25.6 Å². The minimum Gasteiger partial charge on any atom is -0.493 e. The van der Waals surface area contributed by atoms with E-state index in [0.29, 0.717) is 13.0 Å². The maximum absolute atomic E-state index is 12.0. The van der Waals surface area contributed by atoms with Crippen LogP contribution < -0.4 is 15.0 Å². The second-order valence-corrected chi connectivity index (χ2v) is 5.86. The van der Waals surface area contributed by atoms with E-state index >= 15 is 0 Å².